The zero-order valence-corrected chi connectivity index (χ0v) is 29.5. The molecular weight excluding hydrogens is 694 g/mol. The van der Waals surface area contributed by atoms with Crippen LogP contribution in [0.25, 0.3) is 11.1 Å². The van der Waals surface area contributed by atoms with Crippen molar-refractivity contribution in [3.8, 4) is 34.4 Å². The summed E-state index contributed by atoms with van der Waals surface area (Å²) in [6, 6.07) is 19.2. The zero-order chi connectivity index (χ0) is 34.0. The predicted molar refractivity (Wildman–Crippen MR) is 190 cm³/mol. The monoisotopic (exact) mass is 731 g/mol. The minimum absolute atomic E-state index is 0.165. The van der Waals surface area contributed by atoms with Crippen molar-refractivity contribution in [3.05, 3.63) is 105 Å². The van der Waals surface area contributed by atoms with Gasteiger partial charge in [-0.1, -0.05) is 64.3 Å². The van der Waals surface area contributed by atoms with Crippen molar-refractivity contribution in [2.45, 2.75) is 65.3 Å². The molecule has 4 aromatic rings. The molecule has 0 aliphatic carbocycles. The van der Waals surface area contributed by atoms with Crippen LogP contribution < -0.4 is 14.2 Å². The lowest BCUT2D eigenvalue weighted by molar-refractivity contribution is -0.144. The molecule has 0 bridgehead atoms. The number of aliphatic carboxylic acids is 1. The van der Waals surface area contributed by atoms with E-state index in [1.54, 1.807) is 24.4 Å². The average Bonchev–Trinajstić information content (AvgIpc) is 3.09. The van der Waals surface area contributed by atoms with Crippen LogP contribution in [-0.2, 0) is 24.6 Å². The Morgan fingerprint density at radius 2 is 1.75 bits per heavy atom. The second kappa shape index (κ2) is 16.8. The molecule has 250 valence electrons. The molecule has 0 unspecified atom stereocenters. The molecule has 2 heterocycles. The van der Waals surface area contributed by atoms with Crippen LogP contribution in [0.4, 0.5) is 0 Å². The third-order valence-electron chi connectivity index (χ3n) is 8.64. The number of pyridine rings is 1. The summed E-state index contributed by atoms with van der Waals surface area (Å²) >= 11 is 10.3. The highest BCUT2D eigenvalue weighted by molar-refractivity contribution is 9.09. The van der Waals surface area contributed by atoms with Gasteiger partial charge in [0.15, 0.2) is 0 Å². The van der Waals surface area contributed by atoms with Gasteiger partial charge in [0.25, 0.3) is 0 Å². The maximum absolute atomic E-state index is 12.0. The first-order valence-corrected chi connectivity index (χ1v) is 17.5. The SMILES string of the molecule is Cc1c(COc2cc(OCc3cncc(C#N)c3)c(CN3CCCC[C@@H]3C(=O)O)cc2Cl)cccc1-c1cccc(OCCCBr)c1C. The molecule has 8 nitrogen and oxygen atoms in total. The van der Waals surface area contributed by atoms with Gasteiger partial charge in [0.2, 0.25) is 0 Å². The molecule has 1 atom stereocenters. The quantitative estimate of drug-likeness (QED) is 0.102. The summed E-state index contributed by atoms with van der Waals surface area (Å²) in [4.78, 5) is 18.1. The number of carboxylic acids is 1. The fraction of sp³-hybridized carbons (Fsp3) is 0.342. The van der Waals surface area contributed by atoms with E-state index in [4.69, 9.17) is 25.8 Å². The second-order valence-electron chi connectivity index (χ2n) is 11.9. The molecule has 1 aliphatic heterocycles. The third kappa shape index (κ3) is 8.67. The van der Waals surface area contributed by atoms with Gasteiger partial charge in [-0.05, 0) is 85.7 Å². The van der Waals surface area contributed by atoms with E-state index in [1.165, 1.54) is 6.20 Å². The Labute approximate surface area is 295 Å². The summed E-state index contributed by atoms with van der Waals surface area (Å²) in [5.74, 6) is 1.03. The molecule has 1 aliphatic rings. The Bertz CT molecular complexity index is 1790. The minimum Gasteiger partial charge on any atom is -0.493 e. The normalized spacial score (nSPS) is 14.7. The van der Waals surface area contributed by atoms with Crippen LogP contribution in [-0.4, -0.2) is 45.5 Å². The lowest BCUT2D eigenvalue weighted by Crippen LogP contribution is -2.44. The molecule has 1 fully saturated rings. The smallest absolute Gasteiger partial charge is 0.320 e. The highest BCUT2D eigenvalue weighted by atomic mass is 79.9. The van der Waals surface area contributed by atoms with Crippen molar-refractivity contribution in [2.75, 3.05) is 18.5 Å². The Morgan fingerprint density at radius 1 is 0.979 bits per heavy atom. The van der Waals surface area contributed by atoms with E-state index in [1.807, 2.05) is 29.2 Å². The molecule has 1 aromatic heterocycles. The number of alkyl halides is 1. The predicted octanol–water partition coefficient (Wildman–Crippen LogP) is 8.65. The average molecular weight is 733 g/mol. The van der Waals surface area contributed by atoms with Gasteiger partial charge in [0, 0.05) is 41.5 Å². The number of ether oxygens (including phenoxy) is 3. The lowest BCUT2D eigenvalue weighted by Gasteiger charge is -2.33. The van der Waals surface area contributed by atoms with E-state index >= 15 is 0 Å². The molecule has 3 aromatic carbocycles. The molecular formula is C38H39BrClN3O5. The summed E-state index contributed by atoms with van der Waals surface area (Å²) in [6.45, 7) is 6.29. The van der Waals surface area contributed by atoms with Gasteiger partial charge in [-0.2, -0.15) is 5.26 Å². The molecule has 10 heteroatoms. The summed E-state index contributed by atoms with van der Waals surface area (Å²) in [5.41, 5.74) is 7.34. The lowest BCUT2D eigenvalue weighted by atomic mass is 9.93. The summed E-state index contributed by atoms with van der Waals surface area (Å²) in [6.07, 6.45) is 6.48. The number of likely N-dealkylation sites (tertiary alicyclic amines) is 1. The first kappa shape index (κ1) is 35.2. The number of halogens is 2. The number of nitrogens with zero attached hydrogens (tertiary/aromatic N) is 3. The number of piperidine rings is 1. The van der Waals surface area contributed by atoms with Crippen LogP contribution in [0.3, 0.4) is 0 Å². The van der Waals surface area contributed by atoms with E-state index in [0.717, 1.165) is 69.3 Å². The fourth-order valence-corrected chi connectivity index (χ4v) is 6.47. The number of carbonyl (C=O) groups is 1. The highest BCUT2D eigenvalue weighted by Gasteiger charge is 2.29. The molecule has 1 N–H and O–H groups in total. The standard InChI is InChI=1S/C38H39BrClN3O5/c1-25-29(8-5-9-31(25)32-10-6-12-35(26(32)2)46-15-7-13-39)24-48-37-18-36(47-23-28-16-27(19-41)20-42-21-28)30(17-33(37)40)22-43-14-4-3-11-34(43)38(44)45/h5-6,8-10,12,16-18,20-21,34H,3-4,7,11,13-15,22-24H2,1-2H3,(H,44,45)/t34-/m1/s1. The fourth-order valence-electron chi connectivity index (χ4n) is 6.00. The van der Waals surface area contributed by atoms with Crippen molar-refractivity contribution < 1.29 is 24.1 Å². The van der Waals surface area contributed by atoms with Crippen LogP contribution in [0.15, 0.2) is 67.0 Å². The van der Waals surface area contributed by atoms with Crippen molar-refractivity contribution in [2.24, 2.45) is 0 Å². The van der Waals surface area contributed by atoms with Crippen LogP contribution >= 0.6 is 27.5 Å². The van der Waals surface area contributed by atoms with Crippen LogP contribution in [0.5, 0.6) is 17.2 Å². The molecule has 5 rings (SSSR count). The number of benzene rings is 3. The van der Waals surface area contributed by atoms with Crippen LogP contribution in [0, 0.1) is 25.2 Å². The molecule has 0 radical (unpaired) electrons. The van der Waals surface area contributed by atoms with E-state index in [-0.39, 0.29) is 13.2 Å². The van der Waals surface area contributed by atoms with Crippen molar-refractivity contribution in [1.82, 2.24) is 9.88 Å². The molecule has 0 saturated carbocycles. The van der Waals surface area contributed by atoms with E-state index < -0.39 is 12.0 Å². The van der Waals surface area contributed by atoms with Gasteiger partial charge >= 0.3 is 5.97 Å². The Hall–Kier alpha value is -4.10. The number of rotatable bonds is 14. The van der Waals surface area contributed by atoms with Crippen LogP contribution in [0.2, 0.25) is 5.02 Å². The van der Waals surface area contributed by atoms with Gasteiger partial charge < -0.3 is 19.3 Å². The van der Waals surface area contributed by atoms with Gasteiger partial charge in [-0.3, -0.25) is 14.7 Å². The largest absolute Gasteiger partial charge is 0.493 e. The molecule has 0 amide bonds. The first-order valence-electron chi connectivity index (χ1n) is 16.0. The zero-order valence-electron chi connectivity index (χ0n) is 27.2. The third-order valence-corrected chi connectivity index (χ3v) is 9.50. The second-order valence-corrected chi connectivity index (χ2v) is 13.1. The van der Waals surface area contributed by atoms with Gasteiger partial charge in [0.1, 0.15) is 42.6 Å². The molecule has 1 saturated heterocycles. The van der Waals surface area contributed by atoms with Crippen molar-refractivity contribution >= 4 is 33.5 Å². The van der Waals surface area contributed by atoms with Gasteiger partial charge in [0.05, 0.1) is 17.2 Å². The van der Waals surface area contributed by atoms with Crippen molar-refractivity contribution in [3.63, 3.8) is 0 Å². The Morgan fingerprint density at radius 3 is 2.52 bits per heavy atom. The number of hydrogen-bond donors (Lipinski definition) is 1. The topological polar surface area (TPSA) is 105 Å². The summed E-state index contributed by atoms with van der Waals surface area (Å²) in [5, 5.41) is 20.5. The minimum atomic E-state index is -0.829. The number of aromatic nitrogens is 1. The molecule has 0 spiro atoms. The Kier molecular flexibility index (Phi) is 12.3. The number of nitriles is 1. The van der Waals surface area contributed by atoms with E-state index in [0.29, 0.717) is 48.2 Å². The Balaban J connectivity index is 1.40. The highest BCUT2D eigenvalue weighted by Crippen LogP contribution is 2.37. The van der Waals surface area contributed by atoms with Crippen LogP contribution in [0.1, 0.15) is 59.1 Å². The van der Waals surface area contributed by atoms with Gasteiger partial charge in [-0.25, -0.2) is 0 Å². The van der Waals surface area contributed by atoms with Crippen molar-refractivity contribution in [1.29, 1.82) is 5.26 Å². The maximum atomic E-state index is 12.0. The summed E-state index contributed by atoms with van der Waals surface area (Å²) < 4.78 is 18.7. The van der Waals surface area contributed by atoms with Gasteiger partial charge in [-0.15, -0.1) is 0 Å². The first-order chi connectivity index (χ1) is 23.3. The summed E-state index contributed by atoms with van der Waals surface area (Å²) in [7, 11) is 0. The maximum Gasteiger partial charge on any atom is 0.320 e. The van der Waals surface area contributed by atoms with E-state index in [2.05, 4.69) is 53.0 Å². The number of hydrogen-bond acceptors (Lipinski definition) is 7. The molecule has 48 heavy (non-hydrogen) atoms. The number of carboxylic acid groups (broad SMARTS) is 1. The van der Waals surface area contributed by atoms with E-state index in [9.17, 15) is 15.2 Å².